The lowest BCUT2D eigenvalue weighted by atomic mass is 9.98. The highest BCUT2D eigenvalue weighted by Gasteiger charge is 2.17. The normalized spacial score (nSPS) is 13.5. The Morgan fingerprint density at radius 1 is 1.38 bits per heavy atom. The van der Waals surface area contributed by atoms with Gasteiger partial charge >= 0.3 is 0 Å². The number of rotatable bonds is 3. The Bertz CT molecular complexity index is 759. The molecule has 2 heterocycles. The van der Waals surface area contributed by atoms with Gasteiger partial charge in [0.25, 0.3) is 0 Å². The third kappa shape index (κ3) is 2.64. The number of halogens is 2. The van der Waals surface area contributed by atoms with E-state index in [9.17, 15) is 9.60 Å². The van der Waals surface area contributed by atoms with Crippen molar-refractivity contribution in [3.8, 4) is 0 Å². The van der Waals surface area contributed by atoms with Gasteiger partial charge in [0.2, 0.25) is 0 Å². The number of oxime groups is 1. The van der Waals surface area contributed by atoms with Crippen LogP contribution in [0.1, 0.15) is 16.7 Å². The molecule has 1 aromatic heterocycles. The molecule has 0 bridgehead atoms. The highest BCUT2D eigenvalue weighted by molar-refractivity contribution is 6.30. The lowest BCUT2D eigenvalue weighted by Crippen LogP contribution is -2.09. The number of aliphatic imine (C=N–C) groups is 1. The molecule has 1 aromatic carbocycles. The molecule has 1 aliphatic rings. The van der Waals surface area contributed by atoms with Crippen LogP contribution in [0.15, 0.2) is 40.6 Å². The first-order valence-corrected chi connectivity index (χ1v) is 6.72. The average Bonchev–Trinajstić information content (AvgIpc) is 2.97. The molecule has 1 N–H and O–H groups in total. The zero-order valence-corrected chi connectivity index (χ0v) is 11.7. The number of benzene rings is 1. The highest BCUT2D eigenvalue weighted by Crippen LogP contribution is 2.26. The number of aromatic nitrogens is 1. The maximum absolute atomic E-state index is 13.2. The zero-order chi connectivity index (χ0) is 14.8. The molecule has 0 fully saturated rings. The lowest BCUT2D eigenvalue weighted by Gasteiger charge is -2.09. The quantitative estimate of drug-likeness (QED) is 0.535. The van der Waals surface area contributed by atoms with Gasteiger partial charge in [-0.3, -0.25) is 0 Å². The summed E-state index contributed by atoms with van der Waals surface area (Å²) in [5.74, 6) is 0.173. The maximum atomic E-state index is 13.2. The van der Waals surface area contributed by atoms with Crippen LogP contribution in [-0.2, 0) is 12.8 Å². The summed E-state index contributed by atoms with van der Waals surface area (Å²) in [5.41, 5.74) is 2.96. The van der Waals surface area contributed by atoms with E-state index < -0.39 is 5.82 Å². The minimum atomic E-state index is -0.471. The van der Waals surface area contributed by atoms with Crippen molar-refractivity contribution in [3.63, 3.8) is 0 Å². The van der Waals surface area contributed by atoms with Crippen LogP contribution in [0.3, 0.4) is 0 Å². The van der Waals surface area contributed by atoms with Gasteiger partial charge in [-0.2, -0.15) is 0 Å². The lowest BCUT2D eigenvalue weighted by molar-refractivity contribution is 0.318. The summed E-state index contributed by atoms with van der Waals surface area (Å²) in [5, 5.41) is 12.7. The predicted octanol–water partition coefficient (Wildman–Crippen LogP) is 3.55. The van der Waals surface area contributed by atoms with Crippen molar-refractivity contribution in [2.75, 3.05) is 0 Å². The van der Waals surface area contributed by atoms with Gasteiger partial charge in [0, 0.05) is 36.4 Å². The number of nitrogens with zero attached hydrogens (tertiary/aromatic N) is 3. The largest absolute Gasteiger partial charge is 0.411 e. The van der Waals surface area contributed by atoms with E-state index in [4.69, 9.17) is 11.6 Å². The Labute approximate surface area is 125 Å². The second kappa shape index (κ2) is 5.61. The van der Waals surface area contributed by atoms with E-state index in [1.807, 2.05) is 0 Å². The van der Waals surface area contributed by atoms with E-state index in [2.05, 4.69) is 15.1 Å². The Balaban J connectivity index is 1.93. The van der Waals surface area contributed by atoms with Crippen LogP contribution in [0.2, 0.25) is 5.02 Å². The van der Waals surface area contributed by atoms with Gasteiger partial charge in [-0.25, -0.2) is 14.4 Å². The molecule has 0 spiro atoms. The minimum absolute atomic E-state index is 0.0491. The van der Waals surface area contributed by atoms with Gasteiger partial charge in [-0.15, -0.1) is 0 Å². The van der Waals surface area contributed by atoms with Gasteiger partial charge in [-0.1, -0.05) is 22.8 Å². The van der Waals surface area contributed by atoms with Gasteiger partial charge in [-0.05, 0) is 23.8 Å². The fraction of sp³-hybridized carbons (Fsp3) is 0.133. The number of hydrogen-bond acceptors (Lipinski definition) is 4. The van der Waals surface area contributed by atoms with Crippen molar-refractivity contribution in [1.82, 2.24) is 4.98 Å². The van der Waals surface area contributed by atoms with Gasteiger partial charge < -0.3 is 5.21 Å². The Morgan fingerprint density at radius 3 is 3.00 bits per heavy atom. The van der Waals surface area contributed by atoms with Gasteiger partial charge in [0.05, 0.1) is 10.7 Å². The molecule has 2 aromatic rings. The molecule has 0 amide bonds. The van der Waals surface area contributed by atoms with Crippen molar-refractivity contribution in [3.05, 3.63) is 58.0 Å². The monoisotopic (exact) mass is 303 g/mol. The van der Waals surface area contributed by atoms with Gasteiger partial charge in [0.1, 0.15) is 5.82 Å². The molecule has 21 heavy (non-hydrogen) atoms. The van der Waals surface area contributed by atoms with Crippen LogP contribution in [0.25, 0.3) is 0 Å². The topological polar surface area (TPSA) is 57.8 Å². The summed E-state index contributed by atoms with van der Waals surface area (Å²) in [4.78, 5) is 8.33. The first kappa shape index (κ1) is 13.7. The van der Waals surface area contributed by atoms with E-state index in [0.29, 0.717) is 24.4 Å². The molecule has 0 saturated heterocycles. The van der Waals surface area contributed by atoms with Crippen LogP contribution in [0.4, 0.5) is 10.2 Å². The fourth-order valence-electron chi connectivity index (χ4n) is 2.32. The van der Waals surface area contributed by atoms with Crippen LogP contribution in [0.5, 0.6) is 0 Å². The second-order valence-corrected chi connectivity index (χ2v) is 5.06. The van der Waals surface area contributed by atoms with E-state index in [0.717, 1.165) is 16.7 Å². The Morgan fingerprint density at radius 2 is 2.24 bits per heavy atom. The molecule has 1 aliphatic heterocycles. The molecule has 4 nitrogen and oxygen atoms in total. The SMILES string of the molecule is O/N=C(\Cc1ccc(F)c(Cl)c1)c1ccnc2c1CC=N2. The molecule has 106 valence electrons. The van der Waals surface area contributed by atoms with Crippen molar-refractivity contribution in [2.45, 2.75) is 12.8 Å². The van der Waals surface area contributed by atoms with Crippen LogP contribution < -0.4 is 0 Å². The summed E-state index contributed by atoms with van der Waals surface area (Å²) >= 11 is 5.77. The summed E-state index contributed by atoms with van der Waals surface area (Å²) in [6.45, 7) is 0. The fourth-order valence-corrected chi connectivity index (χ4v) is 2.52. The molecule has 6 heteroatoms. The average molecular weight is 304 g/mol. The summed E-state index contributed by atoms with van der Waals surface area (Å²) in [7, 11) is 0. The third-order valence-corrected chi connectivity index (χ3v) is 3.62. The van der Waals surface area contributed by atoms with E-state index in [1.54, 1.807) is 24.5 Å². The Kier molecular flexibility index (Phi) is 3.66. The van der Waals surface area contributed by atoms with Gasteiger partial charge in [0.15, 0.2) is 5.82 Å². The molecule has 3 rings (SSSR count). The number of hydrogen-bond donors (Lipinski definition) is 1. The predicted molar refractivity (Wildman–Crippen MR) is 79.5 cm³/mol. The van der Waals surface area contributed by atoms with E-state index >= 15 is 0 Å². The van der Waals surface area contributed by atoms with Crippen molar-refractivity contribution in [2.24, 2.45) is 10.1 Å². The van der Waals surface area contributed by atoms with Crippen LogP contribution >= 0.6 is 11.6 Å². The molecule has 0 aliphatic carbocycles. The molecular weight excluding hydrogens is 293 g/mol. The van der Waals surface area contributed by atoms with Crippen molar-refractivity contribution < 1.29 is 9.60 Å². The first-order chi connectivity index (χ1) is 10.2. The second-order valence-electron chi connectivity index (χ2n) is 4.65. The summed E-state index contributed by atoms with van der Waals surface area (Å²) in [6, 6.07) is 6.23. The molecule has 0 radical (unpaired) electrons. The highest BCUT2D eigenvalue weighted by atomic mass is 35.5. The third-order valence-electron chi connectivity index (χ3n) is 3.33. The molecule has 0 atom stereocenters. The van der Waals surface area contributed by atoms with E-state index in [1.165, 1.54) is 12.1 Å². The Hall–Kier alpha value is -2.27. The smallest absolute Gasteiger partial charge is 0.155 e. The zero-order valence-electron chi connectivity index (χ0n) is 10.9. The number of fused-ring (bicyclic) bond motifs is 1. The summed E-state index contributed by atoms with van der Waals surface area (Å²) in [6.07, 6.45) is 4.39. The molecular formula is C15H11ClFN3O. The van der Waals surface area contributed by atoms with E-state index in [-0.39, 0.29) is 5.02 Å². The van der Waals surface area contributed by atoms with Crippen molar-refractivity contribution >= 4 is 29.3 Å². The van der Waals surface area contributed by atoms with Crippen LogP contribution in [0, 0.1) is 5.82 Å². The molecule has 0 unspecified atom stereocenters. The maximum Gasteiger partial charge on any atom is 0.155 e. The first-order valence-electron chi connectivity index (χ1n) is 6.34. The number of pyridine rings is 1. The summed E-state index contributed by atoms with van der Waals surface area (Å²) < 4.78 is 13.2. The van der Waals surface area contributed by atoms with Crippen LogP contribution in [-0.4, -0.2) is 22.1 Å². The molecule has 0 saturated carbocycles. The van der Waals surface area contributed by atoms with Crippen molar-refractivity contribution in [1.29, 1.82) is 0 Å². The standard InChI is InChI=1S/C15H11ClFN3O/c16-12-7-9(1-2-13(12)17)8-14(20-21)10-3-5-18-15-11(10)4-6-19-15/h1-3,5-7,21H,4,8H2/b20-14+. The minimum Gasteiger partial charge on any atom is -0.411 e.